The molecule has 0 bridgehead atoms. The molecule has 1 aromatic carbocycles. The number of nitrogens with zero attached hydrogens (tertiary/aromatic N) is 2. The summed E-state index contributed by atoms with van der Waals surface area (Å²) in [5.41, 5.74) is 7.67. The second-order valence-corrected chi connectivity index (χ2v) is 6.04. The van der Waals surface area contributed by atoms with Gasteiger partial charge in [0.2, 0.25) is 0 Å². The highest BCUT2D eigenvalue weighted by Crippen LogP contribution is 2.21. The molecule has 0 radical (unpaired) electrons. The summed E-state index contributed by atoms with van der Waals surface area (Å²) >= 11 is 0. The van der Waals surface area contributed by atoms with Crippen molar-refractivity contribution in [3.63, 3.8) is 0 Å². The van der Waals surface area contributed by atoms with E-state index in [1.54, 1.807) is 0 Å². The molecule has 2 aliphatic heterocycles. The maximum Gasteiger partial charge on any atom is 0.0224 e. The Labute approximate surface area is 116 Å². The van der Waals surface area contributed by atoms with E-state index in [-0.39, 0.29) is 6.04 Å². The molecule has 19 heavy (non-hydrogen) atoms. The Kier molecular flexibility index (Phi) is 4.16. The number of hydrogen-bond donors (Lipinski definition) is 1. The minimum absolute atomic E-state index is 0.260. The number of hydrogen-bond acceptors (Lipinski definition) is 3. The van der Waals surface area contributed by atoms with E-state index in [1.807, 2.05) is 0 Å². The van der Waals surface area contributed by atoms with Crippen LogP contribution in [0.3, 0.4) is 0 Å². The van der Waals surface area contributed by atoms with E-state index >= 15 is 0 Å². The van der Waals surface area contributed by atoms with Crippen molar-refractivity contribution in [1.29, 1.82) is 0 Å². The monoisotopic (exact) mass is 259 g/mol. The van der Waals surface area contributed by atoms with Crippen LogP contribution in [0.25, 0.3) is 0 Å². The third-order valence-corrected chi connectivity index (χ3v) is 4.50. The Morgan fingerprint density at radius 3 is 2.84 bits per heavy atom. The van der Waals surface area contributed by atoms with Crippen molar-refractivity contribution in [1.82, 2.24) is 9.80 Å². The molecular formula is C16H25N3. The van der Waals surface area contributed by atoms with Crippen LogP contribution in [-0.4, -0.2) is 54.6 Å². The van der Waals surface area contributed by atoms with Crippen LogP contribution < -0.4 is 5.73 Å². The maximum absolute atomic E-state index is 6.32. The van der Waals surface area contributed by atoms with E-state index in [0.717, 1.165) is 19.0 Å². The zero-order valence-electron chi connectivity index (χ0n) is 11.7. The third kappa shape index (κ3) is 3.35. The average Bonchev–Trinajstić information content (AvgIpc) is 2.87. The van der Waals surface area contributed by atoms with Crippen molar-refractivity contribution in [2.45, 2.75) is 31.3 Å². The standard InChI is InChI=1S/C16H25N3/c17-15(11-14-5-2-1-3-6-14)12-18-9-10-19-8-4-7-16(19)13-18/h1-3,5-6,15-16H,4,7-13,17H2. The molecule has 2 heterocycles. The normalized spacial score (nSPS) is 26.3. The lowest BCUT2D eigenvalue weighted by atomic mass is 10.1. The molecule has 3 heteroatoms. The molecule has 2 fully saturated rings. The quantitative estimate of drug-likeness (QED) is 0.885. The lowest BCUT2D eigenvalue weighted by molar-refractivity contribution is 0.0998. The Balaban J connectivity index is 1.48. The SMILES string of the molecule is NC(Cc1ccccc1)CN1CCN2CCCC2C1. The van der Waals surface area contributed by atoms with Crippen molar-refractivity contribution in [3.8, 4) is 0 Å². The fourth-order valence-electron chi connectivity index (χ4n) is 3.53. The zero-order valence-corrected chi connectivity index (χ0v) is 11.7. The summed E-state index contributed by atoms with van der Waals surface area (Å²) in [7, 11) is 0. The number of nitrogens with two attached hydrogens (primary N) is 1. The fraction of sp³-hybridized carbons (Fsp3) is 0.625. The number of rotatable bonds is 4. The van der Waals surface area contributed by atoms with Crippen LogP contribution in [-0.2, 0) is 6.42 Å². The first kappa shape index (κ1) is 13.1. The van der Waals surface area contributed by atoms with Gasteiger partial charge in [0.15, 0.2) is 0 Å². The molecule has 0 aromatic heterocycles. The van der Waals surface area contributed by atoms with Gasteiger partial charge in [-0.05, 0) is 31.4 Å². The molecule has 104 valence electrons. The Hall–Kier alpha value is -0.900. The van der Waals surface area contributed by atoms with Crippen LogP contribution in [0.5, 0.6) is 0 Å². The predicted octanol–water partition coefficient (Wildman–Crippen LogP) is 1.34. The molecule has 0 amide bonds. The molecule has 2 N–H and O–H groups in total. The van der Waals surface area contributed by atoms with Crippen molar-refractivity contribution < 1.29 is 0 Å². The van der Waals surface area contributed by atoms with Gasteiger partial charge in [-0.25, -0.2) is 0 Å². The first-order valence-electron chi connectivity index (χ1n) is 7.57. The van der Waals surface area contributed by atoms with Gasteiger partial charge in [0.25, 0.3) is 0 Å². The zero-order chi connectivity index (χ0) is 13.1. The van der Waals surface area contributed by atoms with Crippen LogP contribution in [0.15, 0.2) is 30.3 Å². The molecule has 0 saturated carbocycles. The first-order valence-corrected chi connectivity index (χ1v) is 7.57. The third-order valence-electron chi connectivity index (χ3n) is 4.50. The molecule has 3 rings (SSSR count). The van der Waals surface area contributed by atoms with Gasteiger partial charge in [-0.1, -0.05) is 30.3 Å². The fourth-order valence-corrected chi connectivity index (χ4v) is 3.53. The largest absolute Gasteiger partial charge is 0.326 e. The van der Waals surface area contributed by atoms with E-state index in [4.69, 9.17) is 5.73 Å². The van der Waals surface area contributed by atoms with Crippen LogP contribution >= 0.6 is 0 Å². The van der Waals surface area contributed by atoms with E-state index in [2.05, 4.69) is 40.1 Å². The lowest BCUT2D eigenvalue weighted by Crippen LogP contribution is -2.53. The number of fused-ring (bicyclic) bond motifs is 1. The van der Waals surface area contributed by atoms with Crippen molar-refractivity contribution >= 4 is 0 Å². The van der Waals surface area contributed by atoms with Crippen LogP contribution in [0.1, 0.15) is 18.4 Å². The smallest absolute Gasteiger partial charge is 0.0224 e. The van der Waals surface area contributed by atoms with Gasteiger partial charge in [-0.3, -0.25) is 9.80 Å². The number of piperazine rings is 1. The second-order valence-electron chi connectivity index (χ2n) is 6.04. The maximum atomic E-state index is 6.32. The molecule has 3 nitrogen and oxygen atoms in total. The Morgan fingerprint density at radius 2 is 2.00 bits per heavy atom. The van der Waals surface area contributed by atoms with Crippen LogP contribution in [0, 0.1) is 0 Å². The molecule has 2 aliphatic rings. The highest BCUT2D eigenvalue weighted by molar-refractivity contribution is 5.15. The van der Waals surface area contributed by atoms with Gasteiger partial charge in [-0.2, -0.15) is 0 Å². The summed E-state index contributed by atoms with van der Waals surface area (Å²) in [6.45, 7) is 6.01. The van der Waals surface area contributed by atoms with Crippen LogP contribution in [0.4, 0.5) is 0 Å². The highest BCUT2D eigenvalue weighted by Gasteiger charge is 2.30. The van der Waals surface area contributed by atoms with E-state index < -0.39 is 0 Å². The summed E-state index contributed by atoms with van der Waals surface area (Å²) < 4.78 is 0. The summed E-state index contributed by atoms with van der Waals surface area (Å²) in [6, 6.07) is 11.7. The van der Waals surface area contributed by atoms with E-state index in [1.165, 1.54) is 44.6 Å². The van der Waals surface area contributed by atoms with Crippen LogP contribution in [0.2, 0.25) is 0 Å². The highest BCUT2D eigenvalue weighted by atomic mass is 15.3. The summed E-state index contributed by atoms with van der Waals surface area (Å²) in [6.07, 6.45) is 3.75. The topological polar surface area (TPSA) is 32.5 Å². The van der Waals surface area contributed by atoms with Crippen molar-refractivity contribution in [2.24, 2.45) is 5.73 Å². The molecule has 2 atom stereocenters. The van der Waals surface area contributed by atoms with E-state index in [0.29, 0.717) is 0 Å². The van der Waals surface area contributed by atoms with Gasteiger partial charge in [0.05, 0.1) is 0 Å². The second kappa shape index (κ2) is 6.04. The molecular weight excluding hydrogens is 234 g/mol. The summed E-state index contributed by atoms with van der Waals surface area (Å²) in [5, 5.41) is 0. The van der Waals surface area contributed by atoms with Crippen molar-refractivity contribution in [3.05, 3.63) is 35.9 Å². The van der Waals surface area contributed by atoms with Gasteiger partial charge in [0.1, 0.15) is 0 Å². The van der Waals surface area contributed by atoms with Gasteiger partial charge in [0, 0.05) is 38.3 Å². The van der Waals surface area contributed by atoms with E-state index in [9.17, 15) is 0 Å². The Morgan fingerprint density at radius 1 is 1.16 bits per heavy atom. The van der Waals surface area contributed by atoms with Gasteiger partial charge >= 0.3 is 0 Å². The Bertz CT molecular complexity index is 392. The van der Waals surface area contributed by atoms with Crippen molar-refractivity contribution in [2.75, 3.05) is 32.7 Å². The molecule has 1 aromatic rings. The minimum Gasteiger partial charge on any atom is -0.326 e. The average molecular weight is 259 g/mol. The van der Waals surface area contributed by atoms with Gasteiger partial charge in [-0.15, -0.1) is 0 Å². The molecule has 0 aliphatic carbocycles. The molecule has 0 spiro atoms. The molecule has 2 unspecified atom stereocenters. The summed E-state index contributed by atoms with van der Waals surface area (Å²) in [5.74, 6) is 0. The predicted molar refractivity (Wildman–Crippen MR) is 79.2 cm³/mol. The lowest BCUT2D eigenvalue weighted by Gasteiger charge is -2.38. The first-order chi connectivity index (χ1) is 9.31. The summed E-state index contributed by atoms with van der Waals surface area (Å²) in [4.78, 5) is 5.22. The number of benzene rings is 1. The molecule has 2 saturated heterocycles. The minimum atomic E-state index is 0.260. The van der Waals surface area contributed by atoms with Gasteiger partial charge < -0.3 is 5.73 Å².